The van der Waals surface area contributed by atoms with Crippen LogP contribution in [0.15, 0.2) is 48.5 Å². The summed E-state index contributed by atoms with van der Waals surface area (Å²) in [4.78, 5) is 15.0. The third-order valence-electron chi connectivity index (χ3n) is 5.28. The lowest BCUT2D eigenvalue weighted by Crippen LogP contribution is -2.20. The van der Waals surface area contributed by atoms with Gasteiger partial charge in [0.1, 0.15) is 6.54 Å². The van der Waals surface area contributed by atoms with E-state index in [4.69, 9.17) is 12.2 Å². The highest BCUT2D eigenvalue weighted by Gasteiger charge is 2.19. The van der Waals surface area contributed by atoms with E-state index in [2.05, 4.69) is 39.5 Å². The Kier molecular flexibility index (Phi) is 5.49. The fraction of sp³-hybridized carbons (Fsp3) is 0.318. The molecule has 2 heterocycles. The van der Waals surface area contributed by atoms with Gasteiger partial charge in [-0.2, -0.15) is 5.10 Å². The van der Waals surface area contributed by atoms with Crippen LogP contribution in [0.25, 0.3) is 11.4 Å². The zero-order valence-electron chi connectivity index (χ0n) is 16.7. The molecule has 7 heteroatoms. The molecule has 0 radical (unpaired) electrons. The van der Waals surface area contributed by atoms with E-state index in [1.807, 2.05) is 43.3 Å². The average Bonchev–Trinajstić information content (AvgIpc) is 3.29. The first kappa shape index (κ1) is 19.4. The van der Waals surface area contributed by atoms with Crippen molar-refractivity contribution in [2.24, 2.45) is 5.92 Å². The topological polar surface area (TPSA) is 66.0 Å². The molecule has 1 aromatic heterocycles. The van der Waals surface area contributed by atoms with Crippen LogP contribution in [-0.4, -0.2) is 33.8 Å². The Balaban J connectivity index is 1.45. The minimum absolute atomic E-state index is 0.101. The van der Waals surface area contributed by atoms with Crippen molar-refractivity contribution in [1.29, 1.82) is 0 Å². The number of carbonyl (C=O) groups excluding carboxylic acids is 1. The van der Waals surface area contributed by atoms with Gasteiger partial charge in [0.2, 0.25) is 5.91 Å². The third-order valence-corrected chi connectivity index (χ3v) is 5.59. The van der Waals surface area contributed by atoms with Crippen LogP contribution in [0.1, 0.15) is 18.9 Å². The van der Waals surface area contributed by atoms with Crippen molar-refractivity contribution in [3.05, 3.63) is 58.9 Å². The summed E-state index contributed by atoms with van der Waals surface area (Å²) in [6, 6.07) is 16.0. The lowest BCUT2D eigenvalue weighted by atomic mass is 10.1. The molecule has 1 saturated heterocycles. The van der Waals surface area contributed by atoms with E-state index in [1.165, 1.54) is 12.1 Å². The van der Waals surface area contributed by atoms with Crippen molar-refractivity contribution in [3.63, 3.8) is 0 Å². The van der Waals surface area contributed by atoms with Crippen LogP contribution in [0, 0.1) is 17.6 Å². The molecule has 0 saturated carbocycles. The molecule has 6 nitrogen and oxygen atoms in total. The van der Waals surface area contributed by atoms with Gasteiger partial charge >= 0.3 is 0 Å². The SMILES string of the molecule is Cc1cccc(-c2n[nH]c(=S)n2CC(=O)Nc2ccc(N3CCC(C)C3)cc2)c1. The monoisotopic (exact) mass is 407 g/mol. The second-order valence-corrected chi connectivity index (χ2v) is 8.13. The normalized spacial score (nSPS) is 16.2. The zero-order chi connectivity index (χ0) is 20.4. The number of nitrogens with zero attached hydrogens (tertiary/aromatic N) is 3. The van der Waals surface area contributed by atoms with Gasteiger partial charge in [-0.25, -0.2) is 0 Å². The number of aromatic amines is 1. The smallest absolute Gasteiger partial charge is 0.244 e. The number of amides is 1. The molecule has 1 aliphatic rings. The van der Waals surface area contributed by atoms with Crippen LogP contribution >= 0.6 is 12.2 Å². The number of hydrogen-bond acceptors (Lipinski definition) is 4. The Morgan fingerprint density at radius 2 is 2.07 bits per heavy atom. The summed E-state index contributed by atoms with van der Waals surface area (Å²) < 4.78 is 2.15. The molecule has 0 bridgehead atoms. The van der Waals surface area contributed by atoms with E-state index in [0.717, 1.165) is 35.8 Å². The van der Waals surface area contributed by atoms with E-state index in [1.54, 1.807) is 4.57 Å². The first-order chi connectivity index (χ1) is 14.0. The maximum absolute atomic E-state index is 12.6. The van der Waals surface area contributed by atoms with Gasteiger partial charge < -0.3 is 10.2 Å². The molecule has 0 spiro atoms. The maximum atomic E-state index is 12.6. The molecule has 0 aliphatic carbocycles. The van der Waals surface area contributed by atoms with Crippen LogP contribution in [0.5, 0.6) is 0 Å². The van der Waals surface area contributed by atoms with Gasteiger partial charge in [0.05, 0.1) is 0 Å². The Morgan fingerprint density at radius 3 is 2.76 bits per heavy atom. The number of carbonyl (C=O) groups is 1. The largest absolute Gasteiger partial charge is 0.371 e. The van der Waals surface area contributed by atoms with E-state index < -0.39 is 0 Å². The molecule has 3 aromatic rings. The van der Waals surface area contributed by atoms with Crippen LogP contribution in [0.3, 0.4) is 0 Å². The molecule has 29 heavy (non-hydrogen) atoms. The molecule has 1 atom stereocenters. The minimum Gasteiger partial charge on any atom is -0.371 e. The number of nitrogens with one attached hydrogen (secondary N) is 2. The average molecular weight is 408 g/mol. The predicted octanol–water partition coefficient (Wildman–Crippen LogP) is 4.40. The lowest BCUT2D eigenvalue weighted by Gasteiger charge is -2.18. The van der Waals surface area contributed by atoms with Crippen molar-refractivity contribution in [2.75, 3.05) is 23.3 Å². The summed E-state index contributed by atoms with van der Waals surface area (Å²) >= 11 is 5.34. The van der Waals surface area contributed by atoms with E-state index >= 15 is 0 Å². The molecule has 4 rings (SSSR count). The molecule has 2 aromatic carbocycles. The van der Waals surface area contributed by atoms with Gasteiger partial charge in [-0.3, -0.25) is 14.5 Å². The highest BCUT2D eigenvalue weighted by molar-refractivity contribution is 7.71. The lowest BCUT2D eigenvalue weighted by molar-refractivity contribution is -0.116. The number of rotatable bonds is 5. The van der Waals surface area contributed by atoms with Crippen LogP contribution < -0.4 is 10.2 Å². The molecular weight excluding hydrogens is 382 g/mol. The second kappa shape index (κ2) is 8.21. The number of hydrogen-bond donors (Lipinski definition) is 2. The van der Waals surface area contributed by atoms with Crippen LogP contribution in [0.2, 0.25) is 0 Å². The van der Waals surface area contributed by atoms with E-state index in [9.17, 15) is 4.79 Å². The van der Waals surface area contributed by atoms with Crippen molar-refractivity contribution in [3.8, 4) is 11.4 Å². The fourth-order valence-corrected chi connectivity index (χ4v) is 3.93. The Hall–Kier alpha value is -2.93. The van der Waals surface area contributed by atoms with Crippen LogP contribution in [0.4, 0.5) is 11.4 Å². The highest BCUT2D eigenvalue weighted by atomic mass is 32.1. The highest BCUT2D eigenvalue weighted by Crippen LogP contribution is 2.25. The van der Waals surface area contributed by atoms with Gasteiger partial charge in [0, 0.05) is 30.0 Å². The summed E-state index contributed by atoms with van der Waals surface area (Å²) in [5.74, 6) is 1.25. The predicted molar refractivity (Wildman–Crippen MR) is 119 cm³/mol. The van der Waals surface area contributed by atoms with Gasteiger partial charge in [0.15, 0.2) is 10.6 Å². The van der Waals surface area contributed by atoms with Crippen molar-refractivity contribution >= 4 is 29.5 Å². The van der Waals surface area contributed by atoms with E-state index in [0.29, 0.717) is 10.6 Å². The second-order valence-electron chi connectivity index (χ2n) is 7.74. The number of aromatic nitrogens is 3. The molecule has 1 unspecified atom stereocenters. The summed E-state index contributed by atoms with van der Waals surface area (Å²) in [5, 5.41) is 10.1. The van der Waals surface area contributed by atoms with Gasteiger partial charge in [-0.05, 0) is 61.8 Å². The fourth-order valence-electron chi connectivity index (χ4n) is 3.74. The van der Waals surface area contributed by atoms with Crippen molar-refractivity contribution < 1.29 is 4.79 Å². The van der Waals surface area contributed by atoms with Gasteiger partial charge in [0.25, 0.3) is 0 Å². The molecule has 1 fully saturated rings. The van der Waals surface area contributed by atoms with Gasteiger partial charge in [-0.15, -0.1) is 0 Å². The first-order valence-corrected chi connectivity index (χ1v) is 10.3. The standard InChI is InChI=1S/C22H25N5OS/c1-15-4-3-5-17(12-15)21-24-25-22(29)27(21)14-20(28)23-18-6-8-19(9-7-18)26-11-10-16(2)13-26/h3-9,12,16H,10-11,13-14H2,1-2H3,(H,23,28)(H,25,29). The number of benzene rings is 2. The Morgan fingerprint density at radius 1 is 1.28 bits per heavy atom. The summed E-state index contributed by atoms with van der Waals surface area (Å²) in [6.45, 7) is 6.58. The van der Waals surface area contributed by atoms with Crippen LogP contribution in [-0.2, 0) is 11.3 Å². The number of H-pyrrole nitrogens is 1. The molecule has 150 valence electrons. The summed E-state index contributed by atoms with van der Waals surface area (Å²) in [5.41, 5.74) is 4.03. The molecule has 2 N–H and O–H groups in total. The zero-order valence-corrected chi connectivity index (χ0v) is 17.5. The summed E-state index contributed by atoms with van der Waals surface area (Å²) in [7, 11) is 0. The van der Waals surface area contributed by atoms with Gasteiger partial charge in [-0.1, -0.05) is 30.7 Å². The summed E-state index contributed by atoms with van der Waals surface area (Å²) in [6.07, 6.45) is 1.23. The molecule has 1 amide bonds. The molecular formula is C22H25N5OS. The van der Waals surface area contributed by atoms with Crippen molar-refractivity contribution in [1.82, 2.24) is 14.8 Å². The number of aryl methyl sites for hydroxylation is 1. The first-order valence-electron chi connectivity index (χ1n) is 9.87. The quantitative estimate of drug-likeness (QED) is 0.615. The Labute approximate surface area is 175 Å². The molecule has 1 aliphatic heterocycles. The number of anilines is 2. The Bertz CT molecular complexity index is 1070. The van der Waals surface area contributed by atoms with E-state index in [-0.39, 0.29) is 12.5 Å². The van der Waals surface area contributed by atoms with Crippen molar-refractivity contribution in [2.45, 2.75) is 26.8 Å². The third kappa shape index (κ3) is 4.40. The minimum atomic E-state index is -0.140. The maximum Gasteiger partial charge on any atom is 0.244 e.